The number of alkyl halides is 2. The van der Waals surface area contributed by atoms with Gasteiger partial charge in [-0.15, -0.1) is 0 Å². The van der Waals surface area contributed by atoms with Crippen molar-refractivity contribution in [2.45, 2.75) is 32.7 Å². The number of amides is 1. The highest BCUT2D eigenvalue weighted by Gasteiger charge is 2.35. The second-order valence-electron chi connectivity index (χ2n) is 8.91. The summed E-state index contributed by atoms with van der Waals surface area (Å²) in [6, 6.07) is 5.65. The van der Waals surface area contributed by atoms with Crippen molar-refractivity contribution in [3.05, 3.63) is 72.0 Å². The SMILES string of the molecule is Cc1nc2c(F)cc(-c3nc(Nc4ccc(C(=O)N5C=CC(F)(F)C5)cn4)ncc3F)cc2n1C(C)C. The maximum Gasteiger partial charge on any atom is 0.285 e. The third-order valence-electron chi connectivity index (χ3n) is 5.85. The van der Waals surface area contributed by atoms with Crippen molar-refractivity contribution in [3.8, 4) is 11.3 Å². The van der Waals surface area contributed by atoms with Gasteiger partial charge in [0, 0.05) is 30.1 Å². The molecule has 0 saturated heterocycles. The molecule has 1 aromatic carbocycles. The van der Waals surface area contributed by atoms with Gasteiger partial charge in [-0.3, -0.25) is 4.79 Å². The van der Waals surface area contributed by atoms with Gasteiger partial charge in [-0.1, -0.05) is 0 Å². The van der Waals surface area contributed by atoms with Crippen LogP contribution in [0.3, 0.4) is 0 Å². The monoisotopic (exact) mass is 511 g/mol. The zero-order valence-electron chi connectivity index (χ0n) is 20.0. The summed E-state index contributed by atoms with van der Waals surface area (Å²) in [5.74, 6) is -4.19. The standard InChI is InChI=1S/C25H21F4N7O/c1-13(2)36-14(3)32-22-17(26)8-16(9-19(22)36)21-18(27)11-31-24(34-21)33-20-5-4-15(10-30-20)23(37)35-7-6-25(28,29)12-35/h4-11,13H,12H2,1-3H3,(H,30,31,33,34). The lowest BCUT2D eigenvalue weighted by atomic mass is 10.1. The van der Waals surface area contributed by atoms with E-state index in [1.54, 1.807) is 13.0 Å². The Hall–Kier alpha value is -4.35. The molecule has 8 nitrogen and oxygen atoms in total. The lowest BCUT2D eigenvalue weighted by molar-refractivity contribution is 0.0387. The van der Waals surface area contributed by atoms with Gasteiger partial charge in [0.05, 0.1) is 23.8 Å². The van der Waals surface area contributed by atoms with Gasteiger partial charge in [0.2, 0.25) is 5.95 Å². The number of carbonyl (C=O) groups excluding carboxylic acids is 1. The van der Waals surface area contributed by atoms with Crippen molar-refractivity contribution in [3.63, 3.8) is 0 Å². The first kappa shape index (κ1) is 24.3. The van der Waals surface area contributed by atoms with Crippen LogP contribution in [0.1, 0.15) is 36.1 Å². The molecule has 3 aromatic heterocycles. The summed E-state index contributed by atoms with van der Waals surface area (Å²) in [6.45, 7) is 4.92. The highest BCUT2D eigenvalue weighted by Crippen LogP contribution is 2.30. The first-order valence-corrected chi connectivity index (χ1v) is 11.3. The largest absolute Gasteiger partial charge is 0.326 e. The predicted molar refractivity (Wildman–Crippen MR) is 128 cm³/mol. The average molecular weight is 511 g/mol. The van der Waals surface area contributed by atoms with E-state index in [4.69, 9.17) is 0 Å². The van der Waals surface area contributed by atoms with Gasteiger partial charge in [0.1, 0.15) is 22.9 Å². The van der Waals surface area contributed by atoms with E-state index in [2.05, 4.69) is 25.3 Å². The summed E-state index contributed by atoms with van der Waals surface area (Å²) in [5, 5.41) is 2.81. The number of nitrogens with zero attached hydrogens (tertiary/aromatic N) is 6. The van der Waals surface area contributed by atoms with Crippen molar-refractivity contribution in [2.24, 2.45) is 0 Å². The fraction of sp³-hybridized carbons (Fsp3) is 0.240. The average Bonchev–Trinajstić information content (AvgIpc) is 3.39. The zero-order valence-corrected chi connectivity index (χ0v) is 20.0. The number of imidazole rings is 1. The summed E-state index contributed by atoms with van der Waals surface area (Å²) >= 11 is 0. The summed E-state index contributed by atoms with van der Waals surface area (Å²) in [4.78, 5) is 29.8. The fourth-order valence-corrected chi connectivity index (χ4v) is 4.23. The number of rotatable bonds is 5. The van der Waals surface area contributed by atoms with Crippen molar-refractivity contribution in [2.75, 3.05) is 11.9 Å². The van der Waals surface area contributed by atoms with Crippen LogP contribution in [0.5, 0.6) is 0 Å². The number of pyridine rings is 1. The molecule has 0 spiro atoms. The molecule has 5 rings (SSSR count). The zero-order chi connectivity index (χ0) is 26.5. The highest BCUT2D eigenvalue weighted by atomic mass is 19.3. The molecule has 1 N–H and O–H groups in total. The van der Waals surface area contributed by atoms with Crippen LogP contribution in [-0.2, 0) is 0 Å². The lowest BCUT2D eigenvalue weighted by Crippen LogP contribution is -2.30. The Kier molecular flexibility index (Phi) is 5.89. The van der Waals surface area contributed by atoms with Crippen LogP contribution in [0.25, 0.3) is 22.3 Å². The van der Waals surface area contributed by atoms with E-state index in [-0.39, 0.29) is 40.1 Å². The molecule has 37 heavy (non-hydrogen) atoms. The topological polar surface area (TPSA) is 88.8 Å². The minimum Gasteiger partial charge on any atom is -0.326 e. The molecule has 0 atom stereocenters. The summed E-state index contributed by atoms with van der Waals surface area (Å²) in [6.07, 6.45) is 3.88. The molecule has 1 aliphatic rings. The van der Waals surface area contributed by atoms with Crippen LogP contribution in [0, 0.1) is 18.6 Å². The number of aromatic nitrogens is 5. The number of carbonyl (C=O) groups is 1. The van der Waals surface area contributed by atoms with E-state index in [9.17, 15) is 22.4 Å². The number of hydrogen-bond acceptors (Lipinski definition) is 6. The Balaban J connectivity index is 1.41. The first-order valence-electron chi connectivity index (χ1n) is 11.3. The van der Waals surface area contributed by atoms with E-state index in [1.165, 1.54) is 24.4 Å². The van der Waals surface area contributed by atoms with Gasteiger partial charge >= 0.3 is 0 Å². The van der Waals surface area contributed by atoms with Crippen LogP contribution >= 0.6 is 0 Å². The molecule has 12 heteroatoms. The molecule has 190 valence electrons. The minimum atomic E-state index is -3.07. The molecule has 0 bridgehead atoms. The Bertz CT molecular complexity index is 1550. The number of benzene rings is 1. The molecule has 0 fully saturated rings. The number of nitrogens with one attached hydrogen (secondary N) is 1. The van der Waals surface area contributed by atoms with Crippen LogP contribution in [0.2, 0.25) is 0 Å². The number of anilines is 2. The van der Waals surface area contributed by atoms with E-state index in [0.717, 1.165) is 17.3 Å². The predicted octanol–water partition coefficient (Wildman–Crippen LogP) is 5.40. The normalized spacial score (nSPS) is 14.6. The quantitative estimate of drug-likeness (QED) is 0.361. The minimum absolute atomic E-state index is 0.00559. The molecule has 4 aromatic rings. The molecule has 0 aliphatic carbocycles. The smallest absolute Gasteiger partial charge is 0.285 e. The third kappa shape index (κ3) is 4.61. The van der Waals surface area contributed by atoms with E-state index in [0.29, 0.717) is 17.4 Å². The molecule has 0 saturated carbocycles. The summed E-state index contributed by atoms with van der Waals surface area (Å²) < 4.78 is 58.1. The van der Waals surface area contributed by atoms with E-state index >= 15 is 0 Å². The maximum absolute atomic E-state index is 14.9. The molecular weight excluding hydrogens is 490 g/mol. The fourth-order valence-electron chi connectivity index (χ4n) is 4.23. The second-order valence-corrected chi connectivity index (χ2v) is 8.91. The summed E-state index contributed by atoms with van der Waals surface area (Å²) in [5.41, 5.74) is 0.895. The van der Waals surface area contributed by atoms with Crippen molar-refractivity contribution < 1.29 is 22.4 Å². The van der Waals surface area contributed by atoms with Gasteiger partial charge in [0.25, 0.3) is 11.8 Å². The van der Waals surface area contributed by atoms with Gasteiger partial charge < -0.3 is 14.8 Å². The van der Waals surface area contributed by atoms with Gasteiger partial charge in [0.15, 0.2) is 11.6 Å². The molecule has 0 unspecified atom stereocenters. The maximum atomic E-state index is 14.9. The van der Waals surface area contributed by atoms with Gasteiger partial charge in [-0.05, 0) is 45.0 Å². The Morgan fingerprint density at radius 2 is 1.86 bits per heavy atom. The molecule has 1 aliphatic heterocycles. The number of aryl methyl sites for hydroxylation is 1. The number of halogens is 4. The van der Waals surface area contributed by atoms with Gasteiger partial charge in [-0.25, -0.2) is 28.7 Å². The van der Waals surface area contributed by atoms with Gasteiger partial charge in [-0.2, -0.15) is 8.78 Å². The third-order valence-corrected chi connectivity index (χ3v) is 5.85. The number of fused-ring (bicyclic) bond motifs is 1. The van der Waals surface area contributed by atoms with E-state index < -0.39 is 30.0 Å². The first-order chi connectivity index (χ1) is 17.5. The van der Waals surface area contributed by atoms with E-state index in [1.807, 2.05) is 18.4 Å². The van der Waals surface area contributed by atoms with Crippen LogP contribution < -0.4 is 5.32 Å². The molecule has 0 radical (unpaired) electrons. The second kappa shape index (κ2) is 8.95. The molecular formula is C25H21F4N7O. The summed E-state index contributed by atoms with van der Waals surface area (Å²) in [7, 11) is 0. The van der Waals surface area contributed by atoms with Crippen molar-refractivity contribution in [1.29, 1.82) is 0 Å². The lowest BCUT2D eigenvalue weighted by Gasteiger charge is -2.15. The van der Waals surface area contributed by atoms with Crippen LogP contribution in [0.15, 0.2) is 48.9 Å². The van der Waals surface area contributed by atoms with Crippen molar-refractivity contribution >= 4 is 28.7 Å². The molecule has 1 amide bonds. The molecule has 4 heterocycles. The van der Waals surface area contributed by atoms with Crippen LogP contribution in [-0.4, -0.2) is 47.8 Å². The highest BCUT2D eigenvalue weighted by molar-refractivity contribution is 5.95. The number of hydrogen-bond donors (Lipinski definition) is 1. The Morgan fingerprint density at radius 3 is 2.51 bits per heavy atom. The Morgan fingerprint density at radius 1 is 1.08 bits per heavy atom. The van der Waals surface area contributed by atoms with Crippen LogP contribution in [0.4, 0.5) is 29.3 Å². The van der Waals surface area contributed by atoms with Crippen molar-refractivity contribution in [1.82, 2.24) is 29.4 Å². The Labute approximate surface area is 208 Å².